The molecule has 6 nitrogen and oxygen atoms in total. The van der Waals surface area contributed by atoms with Crippen LogP contribution in [0.3, 0.4) is 0 Å². The average molecular weight is 272 g/mol. The molecule has 0 spiro atoms. The first-order valence-corrected chi connectivity index (χ1v) is 6.11. The van der Waals surface area contributed by atoms with Crippen LogP contribution in [0.5, 0.6) is 0 Å². The molecule has 0 aliphatic carbocycles. The Morgan fingerprint density at radius 2 is 2.06 bits per heavy atom. The van der Waals surface area contributed by atoms with Crippen molar-refractivity contribution in [3.8, 4) is 0 Å². The number of rotatable bonds is 4. The van der Waals surface area contributed by atoms with Crippen LogP contribution in [0, 0.1) is 6.92 Å². The molecule has 2 N–H and O–H groups in total. The molecule has 1 aromatic rings. The van der Waals surface area contributed by atoms with Crippen LogP contribution in [0.2, 0.25) is 0 Å². The Bertz CT molecular complexity index is 462. The van der Waals surface area contributed by atoms with E-state index in [0.717, 1.165) is 11.5 Å². The van der Waals surface area contributed by atoms with Crippen molar-refractivity contribution in [1.29, 1.82) is 0 Å². The standard InChI is InChI=1S/C11H16N2O4S/c1-6-8(10(15)16)9(18-13-6)12-7(14)5-17-11(2,3)4/h5H2,1-4H3,(H,12,14)(H,15,16). The fraction of sp³-hybridized carbons (Fsp3) is 0.545. The van der Waals surface area contributed by atoms with Crippen LogP contribution in [-0.2, 0) is 9.53 Å². The highest BCUT2D eigenvalue weighted by molar-refractivity contribution is 7.11. The van der Waals surface area contributed by atoms with E-state index in [1.165, 1.54) is 0 Å². The van der Waals surface area contributed by atoms with Crippen LogP contribution in [0.15, 0.2) is 0 Å². The number of nitrogens with one attached hydrogen (secondary N) is 1. The number of aryl methyl sites for hydroxylation is 1. The lowest BCUT2D eigenvalue weighted by Crippen LogP contribution is -2.27. The highest BCUT2D eigenvalue weighted by Gasteiger charge is 2.20. The summed E-state index contributed by atoms with van der Waals surface area (Å²) in [6, 6.07) is 0. The number of aromatic nitrogens is 1. The van der Waals surface area contributed by atoms with Gasteiger partial charge < -0.3 is 15.2 Å². The van der Waals surface area contributed by atoms with Gasteiger partial charge in [-0.05, 0) is 39.2 Å². The van der Waals surface area contributed by atoms with Gasteiger partial charge in [-0.15, -0.1) is 0 Å². The van der Waals surface area contributed by atoms with Gasteiger partial charge in [-0.1, -0.05) is 0 Å². The summed E-state index contributed by atoms with van der Waals surface area (Å²) in [5.74, 6) is -1.50. The van der Waals surface area contributed by atoms with E-state index >= 15 is 0 Å². The molecule has 0 saturated carbocycles. The SMILES string of the molecule is Cc1nsc(NC(=O)COC(C)(C)C)c1C(=O)O. The van der Waals surface area contributed by atoms with Crippen molar-refractivity contribution in [2.24, 2.45) is 0 Å². The number of carbonyl (C=O) groups excluding carboxylic acids is 1. The number of aromatic carboxylic acids is 1. The molecular formula is C11H16N2O4S. The second-order valence-electron chi connectivity index (χ2n) is 4.73. The molecule has 0 aromatic carbocycles. The van der Waals surface area contributed by atoms with E-state index in [-0.39, 0.29) is 17.2 Å². The lowest BCUT2D eigenvalue weighted by atomic mass is 10.2. The minimum atomic E-state index is -1.10. The molecule has 0 saturated heterocycles. The zero-order valence-corrected chi connectivity index (χ0v) is 11.6. The zero-order chi connectivity index (χ0) is 13.9. The molecule has 7 heteroatoms. The molecule has 100 valence electrons. The highest BCUT2D eigenvalue weighted by Crippen LogP contribution is 2.24. The third-order valence-electron chi connectivity index (χ3n) is 1.97. The van der Waals surface area contributed by atoms with Gasteiger partial charge in [-0.2, -0.15) is 4.37 Å². The van der Waals surface area contributed by atoms with Crippen LogP contribution >= 0.6 is 11.5 Å². The molecule has 0 unspecified atom stereocenters. The number of nitrogens with zero attached hydrogens (tertiary/aromatic N) is 1. The zero-order valence-electron chi connectivity index (χ0n) is 10.7. The highest BCUT2D eigenvalue weighted by atomic mass is 32.1. The van der Waals surface area contributed by atoms with Crippen molar-refractivity contribution in [2.45, 2.75) is 33.3 Å². The van der Waals surface area contributed by atoms with Gasteiger partial charge >= 0.3 is 5.97 Å². The van der Waals surface area contributed by atoms with Gasteiger partial charge in [-0.25, -0.2) is 4.79 Å². The van der Waals surface area contributed by atoms with Crippen LogP contribution in [0.25, 0.3) is 0 Å². The summed E-state index contributed by atoms with van der Waals surface area (Å²) in [7, 11) is 0. The van der Waals surface area contributed by atoms with Crippen molar-refractivity contribution in [1.82, 2.24) is 4.37 Å². The first-order chi connectivity index (χ1) is 8.20. The number of hydrogen-bond donors (Lipinski definition) is 2. The summed E-state index contributed by atoms with van der Waals surface area (Å²) >= 11 is 0.948. The molecule has 1 amide bonds. The maximum absolute atomic E-state index is 11.6. The Morgan fingerprint density at radius 1 is 1.44 bits per heavy atom. The maximum atomic E-state index is 11.6. The molecule has 18 heavy (non-hydrogen) atoms. The Hall–Kier alpha value is -1.47. The van der Waals surface area contributed by atoms with E-state index in [2.05, 4.69) is 9.69 Å². The van der Waals surface area contributed by atoms with E-state index in [9.17, 15) is 9.59 Å². The van der Waals surface area contributed by atoms with E-state index in [1.54, 1.807) is 6.92 Å². The second kappa shape index (κ2) is 5.45. The van der Waals surface area contributed by atoms with Gasteiger partial charge in [-0.3, -0.25) is 4.79 Å². The number of amides is 1. The molecular weight excluding hydrogens is 256 g/mol. The van der Waals surface area contributed by atoms with Crippen LogP contribution in [0.1, 0.15) is 36.8 Å². The molecule has 1 rings (SSSR count). The summed E-state index contributed by atoms with van der Waals surface area (Å²) in [4.78, 5) is 22.6. The summed E-state index contributed by atoms with van der Waals surface area (Å²) in [5, 5.41) is 11.7. The number of carboxylic acids is 1. The van der Waals surface area contributed by atoms with Gasteiger partial charge in [0.05, 0.1) is 11.3 Å². The maximum Gasteiger partial charge on any atom is 0.340 e. The molecule has 0 fully saturated rings. The van der Waals surface area contributed by atoms with Gasteiger partial charge in [0.2, 0.25) is 0 Å². The van der Waals surface area contributed by atoms with Crippen molar-refractivity contribution >= 4 is 28.4 Å². The van der Waals surface area contributed by atoms with E-state index < -0.39 is 17.5 Å². The Balaban J connectivity index is 2.68. The number of hydrogen-bond acceptors (Lipinski definition) is 5. The lowest BCUT2D eigenvalue weighted by Gasteiger charge is -2.18. The van der Waals surface area contributed by atoms with Crippen LogP contribution in [0.4, 0.5) is 5.00 Å². The quantitative estimate of drug-likeness (QED) is 0.874. The van der Waals surface area contributed by atoms with Crippen molar-refractivity contribution in [3.63, 3.8) is 0 Å². The van der Waals surface area contributed by atoms with E-state index in [1.807, 2.05) is 20.8 Å². The topological polar surface area (TPSA) is 88.5 Å². The number of anilines is 1. The number of carbonyl (C=O) groups is 2. The fourth-order valence-corrected chi connectivity index (χ4v) is 1.96. The van der Waals surface area contributed by atoms with Crippen molar-refractivity contribution in [2.75, 3.05) is 11.9 Å². The Kier molecular flexibility index (Phi) is 4.42. The molecule has 0 bridgehead atoms. The van der Waals surface area contributed by atoms with Gasteiger partial charge in [0, 0.05) is 0 Å². The third kappa shape index (κ3) is 4.08. The van der Waals surface area contributed by atoms with Gasteiger partial charge in [0.1, 0.15) is 17.2 Å². The largest absolute Gasteiger partial charge is 0.478 e. The summed E-state index contributed by atoms with van der Waals surface area (Å²) < 4.78 is 9.20. The summed E-state index contributed by atoms with van der Waals surface area (Å²) in [5.41, 5.74) is -0.0000103. The first kappa shape index (κ1) is 14.6. The summed E-state index contributed by atoms with van der Waals surface area (Å²) in [6.45, 7) is 6.96. The second-order valence-corrected chi connectivity index (χ2v) is 5.50. The normalized spacial score (nSPS) is 11.3. The fourth-order valence-electron chi connectivity index (χ4n) is 1.15. The lowest BCUT2D eigenvalue weighted by molar-refractivity contribution is -0.125. The van der Waals surface area contributed by atoms with Crippen molar-refractivity contribution < 1.29 is 19.4 Å². The van der Waals surface area contributed by atoms with E-state index in [4.69, 9.17) is 9.84 Å². The number of carboxylic acid groups (broad SMARTS) is 1. The summed E-state index contributed by atoms with van der Waals surface area (Å²) in [6.07, 6.45) is 0. The van der Waals surface area contributed by atoms with Gasteiger partial charge in [0.15, 0.2) is 0 Å². The smallest absolute Gasteiger partial charge is 0.340 e. The Morgan fingerprint density at radius 3 is 2.56 bits per heavy atom. The minimum absolute atomic E-state index is 0.0316. The molecule has 0 atom stereocenters. The molecule has 0 aliphatic rings. The molecule has 1 aromatic heterocycles. The molecule has 1 heterocycles. The average Bonchev–Trinajstić information content (AvgIpc) is 2.55. The Labute approximate surface area is 109 Å². The minimum Gasteiger partial charge on any atom is -0.478 e. The van der Waals surface area contributed by atoms with Gasteiger partial charge in [0.25, 0.3) is 5.91 Å². The number of ether oxygens (including phenoxy) is 1. The predicted molar refractivity (Wildman–Crippen MR) is 68.1 cm³/mol. The van der Waals surface area contributed by atoms with Crippen LogP contribution in [-0.4, -0.2) is 33.6 Å². The third-order valence-corrected chi connectivity index (χ3v) is 2.82. The van der Waals surface area contributed by atoms with Crippen molar-refractivity contribution in [3.05, 3.63) is 11.3 Å². The van der Waals surface area contributed by atoms with E-state index in [0.29, 0.717) is 5.69 Å². The molecule has 0 radical (unpaired) electrons. The predicted octanol–water partition coefficient (Wildman–Crippen LogP) is 1.90. The monoisotopic (exact) mass is 272 g/mol. The molecule has 0 aliphatic heterocycles. The van der Waals surface area contributed by atoms with Crippen LogP contribution < -0.4 is 5.32 Å². The first-order valence-electron chi connectivity index (χ1n) is 5.34.